The molecule has 0 spiro atoms. The number of carbonyl (C=O) groups excluding carboxylic acids is 2. The molecule has 0 saturated carbocycles. The number of amides is 1. The van der Waals surface area contributed by atoms with Gasteiger partial charge in [-0.1, -0.05) is 25.5 Å². The van der Waals surface area contributed by atoms with Crippen molar-refractivity contribution in [3.05, 3.63) is 57.3 Å². The number of hydrogen-bond acceptors (Lipinski definition) is 5. The summed E-state index contributed by atoms with van der Waals surface area (Å²) in [5.41, 5.74) is 1.63. The molecule has 1 aliphatic rings. The van der Waals surface area contributed by atoms with Crippen LogP contribution in [0.4, 0.5) is 0 Å². The summed E-state index contributed by atoms with van der Waals surface area (Å²) in [5.74, 6) is -0.735. The van der Waals surface area contributed by atoms with Crippen molar-refractivity contribution in [1.82, 2.24) is 4.90 Å². The number of ketones is 1. The van der Waals surface area contributed by atoms with E-state index >= 15 is 0 Å². The second kappa shape index (κ2) is 8.82. The van der Waals surface area contributed by atoms with Crippen LogP contribution in [0.2, 0.25) is 0 Å². The number of aliphatic hydroxyl groups excluding tert-OH is 1. The molecule has 1 amide bonds. The van der Waals surface area contributed by atoms with Crippen LogP contribution < -0.4 is 4.74 Å². The lowest BCUT2D eigenvalue weighted by atomic mass is 9.98. The van der Waals surface area contributed by atoms with E-state index in [-0.39, 0.29) is 17.4 Å². The molecule has 29 heavy (non-hydrogen) atoms. The van der Waals surface area contributed by atoms with Crippen molar-refractivity contribution in [3.63, 3.8) is 0 Å². The first-order chi connectivity index (χ1) is 13.8. The van der Waals surface area contributed by atoms with E-state index in [0.717, 1.165) is 23.3 Å². The van der Waals surface area contributed by atoms with E-state index in [0.29, 0.717) is 17.9 Å². The first kappa shape index (κ1) is 21.1. The molecule has 2 heterocycles. The lowest BCUT2D eigenvalue weighted by Gasteiger charge is -2.24. The smallest absolute Gasteiger partial charge is 0.295 e. The Balaban J connectivity index is 2.12. The van der Waals surface area contributed by atoms with Crippen LogP contribution >= 0.6 is 11.3 Å². The fourth-order valence-electron chi connectivity index (χ4n) is 3.52. The van der Waals surface area contributed by atoms with Crippen LogP contribution in [0.1, 0.15) is 55.7 Å². The number of aliphatic hydroxyl groups is 1. The van der Waals surface area contributed by atoms with Gasteiger partial charge in [-0.3, -0.25) is 9.59 Å². The first-order valence-electron chi connectivity index (χ1n) is 9.94. The molecule has 0 bridgehead atoms. The Morgan fingerprint density at radius 1 is 1.28 bits per heavy atom. The maximum absolute atomic E-state index is 12.9. The molecule has 1 unspecified atom stereocenters. The third kappa shape index (κ3) is 4.22. The van der Waals surface area contributed by atoms with Crippen LogP contribution in [-0.2, 0) is 9.59 Å². The quantitative estimate of drug-likeness (QED) is 0.391. The first-order valence-corrected chi connectivity index (χ1v) is 10.8. The van der Waals surface area contributed by atoms with Crippen molar-refractivity contribution in [2.45, 2.75) is 52.7 Å². The maximum Gasteiger partial charge on any atom is 0.295 e. The molecule has 1 aliphatic heterocycles. The third-order valence-electron chi connectivity index (χ3n) is 4.92. The fraction of sp³-hybridized carbons (Fsp3) is 0.391. The number of rotatable bonds is 7. The standard InChI is InChI=1S/C23H27NO4S/c1-5-6-11-24-19(22-15(4)10-12-29-22)18(21(26)23(24)27)20(25)16-8-7-9-17(13-16)28-14(2)3/h7-10,12-14,19,25H,5-6,11H2,1-4H3/b20-18-. The number of ether oxygens (including phenoxy) is 1. The number of hydrogen-bond donors (Lipinski definition) is 1. The Morgan fingerprint density at radius 2 is 2.03 bits per heavy atom. The van der Waals surface area contributed by atoms with E-state index in [1.54, 1.807) is 29.2 Å². The highest BCUT2D eigenvalue weighted by molar-refractivity contribution is 7.10. The zero-order valence-electron chi connectivity index (χ0n) is 17.3. The Hall–Kier alpha value is -2.60. The molecule has 5 nitrogen and oxygen atoms in total. The van der Waals surface area contributed by atoms with Gasteiger partial charge in [0.05, 0.1) is 17.7 Å². The van der Waals surface area contributed by atoms with Gasteiger partial charge >= 0.3 is 0 Å². The molecule has 1 aromatic carbocycles. The Bertz CT molecular complexity index is 944. The average Bonchev–Trinajstić information content (AvgIpc) is 3.20. The maximum atomic E-state index is 12.9. The van der Waals surface area contributed by atoms with E-state index in [2.05, 4.69) is 0 Å². The van der Waals surface area contributed by atoms with Gasteiger partial charge < -0.3 is 14.7 Å². The van der Waals surface area contributed by atoms with E-state index < -0.39 is 17.7 Å². The molecular formula is C23H27NO4S. The molecule has 2 aromatic rings. The van der Waals surface area contributed by atoms with Crippen LogP contribution in [0.25, 0.3) is 5.76 Å². The molecule has 1 atom stereocenters. The second-order valence-corrected chi connectivity index (χ2v) is 8.46. The van der Waals surface area contributed by atoms with Crippen LogP contribution in [0.3, 0.4) is 0 Å². The molecule has 154 valence electrons. The van der Waals surface area contributed by atoms with Crippen LogP contribution in [0.5, 0.6) is 5.75 Å². The summed E-state index contributed by atoms with van der Waals surface area (Å²) >= 11 is 1.50. The monoisotopic (exact) mass is 413 g/mol. The van der Waals surface area contributed by atoms with Gasteiger partial charge in [-0.25, -0.2) is 0 Å². The molecule has 3 rings (SSSR count). The van der Waals surface area contributed by atoms with E-state index in [1.165, 1.54) is 11.3 Å². The lowest BCUT2D eigenvalue weighted by Crippen LogP contribution is -2.30. The van der Waals surface area contributed by atoms with Gasteiger partial charge in [-0.2, -0.15) is 0 Å². The summed E-state index contributed by atoms with van der Waals surface area (Å²) in [6.07, 6.45) is 1.69. The van der Waals surface area contributed by atoms with Gasteiger partial charge in [0.1, 0.15) is 11.5 Å². The van der Waals surface area contributed by atoms with Gasteiger partial charge in [-0.05, 0) is 56.3 Å². The number of nitrogens with zero attached hydrogens (tertiary/aromatic N) is 1. The minimum absolute atomic E-state index is 0.0132. The summed E-state index contributed by atoms with van der Waals surface area (Å²) in [4.78, 5) is 28.3. The van der Waals surface area contributed by atoms with Crippen LogP contribution in [0, 0.1) is 6.92 Å². The van der Waals surface area contributed by atoms with Crippen molar-refractivity contribution >= 4 is 28.8 Å². The number of benzene rings is 1. The largest absolute Gasteiger partial charge is 0.507 e. The average molecular weight is 414 g/mol. The Labute approximate surface area is 175 Å². The van der Waals surface area contributed by atoms with Crippen molar-refractivity contribution in [2.75, 3.05) is 6.54 Å². The summed E-state index contributed by atoms with van der Waals surface area (Å²) < 4.78 is 5.71. The number of thiophene rings is 1. The minimum atomic E-state index is -0.633. The van der Waals surface area contributed by atoms with E-state index in [4.69, 9.17) is 4.74 Å². The lowest BCUT2D eigenvalue weighted by molar-refractivity contribution is -0.139. The highest BCUT2D eigenvalue weighted by Crippen LogP contribution is 2.42. The van der Waals surface area contributed by atoms with Gasteiger partial charge in [0, 0.05) is 17.0 Å². The van der Waals surface area contributed by atoms with Gasteiger partial charge in [-0.15, -0.1) is 11.3 Å². The number of unbranched alkanes of at least 4 members (excludes halogenated alkanes) is 1. The van der Waals surface area contributed by atoms with Crippen LogP contribution in [0.15, 0.2) is 41.3 Å². The third-order valence-corrected chi connectivity index (χ3v) is 5.99. The molecule has 1 fully saturated rings. The molecule has 0 aliphatic carbocycles. The SMILES string of the molecule is CCCCN1C(=O)C(=O)/C(=C(\O)c2cccc(OC(C)C)c2)C1c1sccc1C. The normalized spacial score (nSPS) is 18.7. The Kier molecular flexibility index (Phi) is 6.42. The summed E-state index contributed by atoms with van der Waals surface area (Å²) in [7, 11) is 0. The minimum Gasteiger partial charge on any atom is -0.507 e. The summed E-state index contributed by atoms with van der Waals surface area (Å²) in [6.45, 7) is 8.33. The highest BCUT2D eigenvalue weighted by Gasteiger charge is 2.46. The van der Waals surface area contributed by atoms with Crippen molar-refractivity contribution in [3.8, 4) is 5.75 Å². The molecule has 1 N–H and O–H groups in total. The van der Waals surface area contributed by atoms with Crippen molar-refractivity contribution in [1.29, 1.82) is 0 Å². The molecular weight excluding hydrogens is 386 g/mol. The molecule has 0 radical (unpaired) electrons. The number of carbonyl (C=O) groups is 2. The zero-order chi connectivity index (χ0) is 21.1. The fourth-order valence-corrected chi connectivity index (χ4v) is 4.57. The second-order valence-electron chi connectivity index (χ2n) is 7.51. The molecule has 1 aromatic heterocycles. The number of aryl methyl sites for hydroxylation is 1. The van der Waals surface area contributed by atoms with Crippen molar-refractivity contribution in [2.24, 2.45) is 0 Å². The number of Topliss-reactive ketones (excluding diaryl/α,β-unsaturated/α-hetero) is 1. The van der Waals surface area contributed by atoms with Gasteiger partial charge in [0.25, 0.3) is 11.7 Å². The van der Waals surface area contributed by atoms with E-state index in [9.17, 15) is 14.7 Å². The van der Waals surface area contributed by atoms with Gasteiger partial charge in [0.15, 0.2) is 0 Å². The predicted molar refractivity (Wildman–Crippen MR) is 115 cm³/mol. The zero-order valence-corrected chi connectivity index (χ0v) is 18.1. The number of likely N-dealkylation sites (tertiary alicyclic amines) is 1. The highest BCUT2D eigenvalue weighted by atomic mass is 32.1. The summed E-state index contributed by atoms with van der Waals surface area (Å²) in [5, 5.41) is 13.0. The van der Waals surface area contributed by atoms with Crippen molar-refractivity contribution < 1.29 is 19.4 Å². The molecule has 6 heteroatoms. The molecule has 1 saturated heterocycles. The Morgan fingerprint density at radius 3 is 2.66 bits per heavy atom. The van der Waals surface area contributed by atoms with E-state index in [1.807, 2.05) is 39.1 Å². The van der Waals surface area contributed by atoms with Crippen LogP contribution in [-0.4, -0.2) is 34.3 Å². The topological polar surface area (TPSA) is 66.8 Å². The summed E-state index contributed by atoms with van der Waals surface area (Å²) in [6, 6.07) is 8.41. The predicted octanol–water partition coefficient (Wildman–Crippen LogP) is 5.07. The van der Waals surface area contributed by atoms with Gasteiger partial charge in [0.2, 0.25) is 0 Å².